The minimum atomic E-state index is 0.518. The number of hydrogen-bond donors (Lipinski definition) is 0. The van der Waals surface area contributed by atoms with Crippen LogP contribution in [0.25, 0.3) is 0 Å². The van der Waals surface area contributed by atoms with Crippen LogP contribution in [-0.2, 0) is 5.88 Å². The van der Waals surface area contributed by atoms with Crippen LogP contribution in [-0.4, -0.2) is 43.1 Å². The van der Waals surface area contributed by atoms with Gasteiger partial charge in [0.05, 0.1) is 11.6 Å². The van der Waals surface area contributed by atoms with Crippen molar-refractivity contribution in [1.82, 2.24) is 9.88 Å². The van der Waals surface area contributed by atoms with Crippen molar-refractivity contribution >= 4 is 28.1 Å². The van der Waals surface area contributed by atoms with Crippen LogP contribution in [0.2, 0.25) is 0 Å². The lowest BCUT2D eigenvalue weighted by atomic mass is 10.4. The number of anilines is 1. The number of halogens is 1. The summed E-state index contributed by atoms with van der Waals surface area (Å²) < 4.78 is 0. The molecular weight excluding hydrogens is 230 g/mol. The fourth-order valence-corrected chi connectivity index (χ4v) is 2.85. The van der Waals surface area contributed by atoms with Gasteiger partial charge >= 0.3 is 0 Å². The van der Waals surface area contributed by atoms with E-state index in [-0.39, 0.29) is 0 Å². The predicted molar refractivity (Wildman–Crippen MR) is 66.0 cm³/mol. The molecule has 0 N–H and O–H groups in total. The number of hydrogen-bond acceptors (Lipinski definition) is 4. The summed E-state index contributed by atoms with van der Waals surface area (Å²) in [4.78, 5) is 9.25. The molecule has 0 spiro atoms. The summed E-state index contributed by atoms with van der Waals surface area (Å²) in [5, 5.41) is 3.18. The molecule has 1 aromatic rings. The number of alkyl halides is 1. The average Bonchev–Trinajstić information content (AvgIpc) is 2.62. The van der Waals surface area contributed by atoms with Gasteiger partial charge in [0.25, 0.3) is 0 Å². The highest BCUT2D eigenvalue weighted by Gasteiger charge is 2.15. The van der Waals surface area contributed by atoms with E-state index in [1.807, 2.05) is 0 Å². The summed E-state index contributed by atoms with van der Waals surface area (Å²) in [5.41, 5.74) is 0.995. The van der Waals surface area contributed by atoms with Gasteiger partial charge < -0.3 is 9.80 Å². The van der Waals surface area contributed by atoms with Crippen LogP contribution in [0.5, 0.6) is 0 Å². The number of rotatable bonds is 2. The van der Waals surface area contributed by atoms with Gasteiger partial charge in [0.2, 0.25) is 0 Å². The molecule has 0 saturated carbocycles. The van der Waals surface area contributed by atoms with Crippen LogP contribution in [0.3, 0.4) is 0 Å². The highest BCUT2D eigenvalue weighted by atomic mass is 35.5. The van der Waals surface area contributed by atoms with Gasteiger partial charge in [-0.15, -0.1) is 22.9 Å². The Hall–Kier alpha value is -0.320. The Balaban J connectivity index is 2.03. The first kappa shape index (κ1) is 11.2. The van der Waals surface area contributed by atoms with E-state index in [4.69, 9.17) is 11.6 Å². The fraction of sp³-hybridized carbons (Fsp3) is 0.700. The summed E-state index contributed by atoms with van der Waals surface area (Å²) >= 11 is 7.45. The number of aromatic nitrogens is 1. The van der Waals surface area contributed by atoms with Gasteiger partial charge in [0.1, 0.15) is 0 Å². The summed E-state index contributed by atoms with van der Waals surface area (Å²) in [6.45, 7) is 4.49. The lowest BCUT2D eigenvalue weighted by Gasteiger charge is -2.19. The van der Waals surface area contributed by atoms with Gasteiger partial charge in [-0.3, -0.25) is 0 Å². The van der Waals surface area contributed by atoms with Crippen molar-refractivity contribution in [3.63, 3.8) is 0 Å². The molecule has 15 heavy (non-hydrogen) atoms. The zero-order valence-electron chi connectivity index (χ0n) is 8.95. The van der Waals surface area contributed by atoms with E-state index in [1.54, 1.807) is 11.3 Å². The van der Waals surface area contributed by atoms with Gasteiger partial charge in [-0.25, -0.2) is 4.98 Å². The number of nitrogens with zero attached hydrogens (tertiary/aromatic N) is 3. The van der Waals surface area contributed by atoms with Crippen molar-refractivity contribution in [1.29, 1.82) is 0 Å². The third-order valence-electron chi connectivity index (χ3n) is 2.67. The van der Waals surface area contributed by atoms with Crippen molar-refractivity contribution in [2.24, 2.45) is 0 Å². The zero-order valence-corrected chi connectivity index (χ0v) is 10.5. The molecule has 3 nitrogen and oxygen atoms in total. The third kappa shape index (κ3) is 2.83. The molecule has 2 heterocycles. The van der Waals surface area contributed by atoms with E-state index < -0.39 is 0 Å². The highest BCUT2D eigenvalue weighted by molar-refractivity contribution is 7.13. The Morgan fingerprint density at radius 2 is 2.27 bits per heavy atom. The molecule has 0 aromatic carbocycles. The Bertz CT molecular complexity index is 315. The molecule has 0 radical (unpaired) electrons. The molecule has 5 heteroatoms. The lowest BCUT2D eigenvalue weighted by molar-refractivity contribution is 0.360. The van der Waals surface area contributed by atoms with Gasteiger partial charge in [0.15, 0.2) is 5.13 Å². The largest absolute Gasteiger partial charge is 0.347 e. The topological polar surface area (TPSA) is 19.4 Å². The van der Waals surface area contributed by atoms with E-state index >= 15 is 0 Å². The highest BCUT2D eigenvalue weighted by Crippen LogP contribution is 2.22. The normalized spacial score (nSPS) is 19.2. The molecule has 0 bridgehead atoms. The maximum Gasteiger partial charge on any atom is 0.185 e. The second-order valence-corrected chi connectivity index (χ2v) is 5.00. The second-order valence-electron chi connectivity index (χ2n) is 3.90. The number of thiazole rings is 1. The van der Waals surface area contributed by atoms with Gasteiger partial charge in [-0.2, -0.15) is 0 Å². The average molecular weight is 246 g/mol. The summed E-state index contributed by atoms with van der Waals surface area (Å²) in [6, 6.07) is 0. The van der Waals surface area contributed by atoms with Crippen LogP contribution >= 0.6 is 22.9 Å². The zero-order chi connectivity index (χ0) is 10.7. The molecule has 1 aliphatic heterocycles. The van der Waals surface area contributed by atoms with Crippen LogP contribution in [0, 0.1) is 0 Å². The van der Waals surface area contributed by atoms with Crippen molar-refractivity contribution in [3.05, 3.63) is 11.1 Å². The molecule has 2 rings (SSSR count). The quantitative estimate of drug-likeness (QED) is 0.744. The van der Waals surface area contributed by atoms with Crippen LogP contribution in [0.15, 0.2) is 5.38 Å². The maximum absolute atomic E-state index is 5.75. The van der Waals surface area contributed by atoms with Crippen LogP contribution in [0.1, 0.15) is 12.1 Å². The molecular formula is C10H16ClN3S. The first-order valence-electron chi connectivity index (χ1n) is 5.23. The standard InChI is InChI=1S/C10H16ClN3S/c1-13-3-2-4-14(6-5-13)10-12-9(7-11)8-15-10/h8H,2-7H2,1H3. The lowest BCUT2D eigenvalue weighted by Crippen LogP contribution is -2.28. The van der Waals surface area contributed by atoms with E-state index in [1.165, 1.54) is 13.0 Å². The fourth-order valence-electron chi connectivity index (χ4n) is 1.74. The minimum Gasteiger partial charge on any atom is -0.347 e. The van der Waals surface area contributed by atoms with Crippen molar-refractivity contribution in [2.75, 3.05) is 38.1 Å². The minimum absolute atomic E-state index is 0.518. The summed E-state index contributed by atoms with van der Waals surface area (Å²) in [7, 11) is 2.18. The second kappa shape index (κ2) is 5.14. The maximum atomic E-state index is 5.75. The Morgan fingerprint density at radius 1 is 1.40 bits per heavy atom. The van der Waals surface area contributed by atoms with Crippen molar-refractivity contribution in [2.45, 2.75) is 12.3 Å². The Morgan fingerprint density at radius 3 is 3.00 bits per heavy atom. The van der Waals surface area contributed by atoms with E-state index in [2.05, 4.69) is 27.2 Å². The van der Waals surface area contributed by atoms with Gasteiger partial charge in [-0.05, 0) is 20.0 Å². The summed E-state index contributed by atoms with van der Waals surface area (Å²) in [5.74, 6) is 0.518. The first-order chi connectivity index (χ1) is 7.29. The Labute approximate surface area is 99.7 Å². The first-order valence-corrected chi connectivity index (χ1v) is 6.65. The summed E-state index contributed by atoms with van der Waals surface area (Å²) in [6.07, 6.45) is 1.21. The van der Waals surface area contributed by atoms with Crippen LogP contribution in [0.4, 0.5) is 5.13 Å². The smallest absolute Gasteiger partial charge is 0.185 e. The van der Waals surface area contributed by atoms with Gasteiger partial charge in [0, 0.05) is 25.0 Å². The van der Waals surface area contributed by atoms with Crippen molar-refractivity contribution < 1.29 is 0 Å². The molecule has 0 atom stereocenters. The SMILES string of the molecule is CN1CCCN(c2nc(CCl)cs2)CC1. The molecule has 0 unspecified atom stereocenters. The molecule has 1 aliphatic rings. The third-order valence-corrected chi connectivity index (χ3v) is 3.89. The van der Waals surface area contributed by atoms with E-state index in [0.717, 1.165) is 30.5 Å². The van der Waals surface area contributed by atoms with Crippen molar-refractivity contribution in [3.8, 4) is 0 Å². The molecule has 1 aromatic heterocycles. The molecule has 84 valence electrons. The van der Waals surface area contributed by atoms with E-state index in [9.17, 15) is 0 Å². The molecule has 1 fully saturated rings. The molecule has 0 amide bonds. The van der Waals surface area contributed by atoms with Gasteiger partial charge in [-0.1, -0.05) is 0 Å². The Kier molecular flexibility index (Phi) is 3.83. The number of likely N-dealkylation sites (N-methyl/N-ethyl adjacent to an activating group) is 1. The monoisotopic (exact) mass is 245 g/mol. The molecule has 0 aliphatic carbocycles. The molecule has 1 saturated heterocycles. The van der Waals surface area contributed by atoms with E-state index in [0.29, 0.717) is 5.88 Å². The predicted octanol–water partition coefficient (Wildman–Crippen LogP) is 2.02. The van der Waals surface area contributed by atoms with Crippen LogP contribution < -0.4 is 4.90 Å².